The maximum Gasteiger partial charge on any atom is 1.00 e. The van der Waals surface area contributed by atoms with Crippen molar-refractivity contribution in [3.63, 3.8) is 0 Å². The fourth-order valence-electron chi connectivity index (χ4n) is 0. The van der Waals surface area contributed by atoms with Crippen LogP contribution in [0, 0.1) is 0 Å². The van der Waals surface area contributed by atoms with Crippen LogP contribution in [0.5, 0.6) is 0 Å². The van der Waals surface area contributed by atoms with Gasteiger partial charge in [-0.25, -0.2) is 0 Å². The second kappa shape index (κ2) is 11.1. The van der Waals surface area contributed by atoms with E-state index in [4.69, 9.17) is 0 Å². The summed E-state index contributed by atoms with van der Waals surface area (Å²) in [6.07, 6.45) is 0. The predicted molar refractivity (Wildman–Crippen MR) is 26.9 cm³/mol. The van der Waals surface area contributed by atoms with Crippen molar-refractivity contribution >= 4 is 29.9 Å². The van der Waals surface area contributed by atoms with E-state index in [9.17, 15) is 8.63 Å². The average molecular weight is 248 g/mol. The molecule has 0 aliphatic carbocycles. The summed E-state index contributed by atoms with van der Waals surface area (Å²) in [6, 6.07) is 0. The summed E-state index contributed by atoms with van der Waals surface area (Å²) in [4.78, 5) is 0. The first-order valence-corrected chi connectivity index (χ1v) is 2.64. The average Bonchev–Trinajstić information content (AvgIpc) is 1.38. The quantitative estimate of drug-likeness (QED) is 0.249. The zero-order chi connectivity index (χ0) is 4.28. The van der Waals surface area contributed by atoms with E-state index in [0.717, 1.165) is 0 Å². The Balaban J connectivity index is -0.0000000800. The molecule has 0 spiro atoms. The maximum atomic E-state index is 10.8. The van der Waals surface area contributed by atoms with E-state index in [2.05, 4.69) is 0 Å². The Kier molecular flexibility index (Phi) is 25.5. The fraction of sp³-hybridized carbons (Fsp3) is 1.00. The third-order valence-electron chi connectivity index (χ3n) is 0.117. The minimum atomic E-state index is -2.13. The molecule has 0 rings (SSSR count). The molecular weight excluding hydrogens is 246 g/mol. The van der Waals surface area contributed by atoms with Crippen molar-refractivity contribution in [2.24, 2.45) is 0 Å². The number of hydrogen-bond donors (Lipinski definition) is 0. The molecule has 0 amide bonds. The Labute approximate surface area is 96.9 Å². The van der Waals surface area contributed by atoms with E-state index in [1.807, 2.05) is 0 Å². The number of halogens is 4. The van der Waals surface area contributed by atoms with E-state index in [0.29, 0.717) is 0 Å². The third kappa shape index (κ3) is 17.9. The van der Waals surface area contributed by atoms with Gasteiger partial charge in [0.1, 0.15) is 0 Å². The molecule has 38 valence electrons. The molecule has 0 N–H and O–H groups in total. The minimum Gasteiger partial charge on any atom is -1.00 e. The maximum absolute atomic E-state index is 10.8. The topological polar surface area (TPSA) is 0 Å². The molecule has 0 aliphatic heterocycles. The van der Waals surface area contributed by atoms with Crippen molar-refractivity contribution in [2.45, 2.75) is 0 Å². The summed E-state index contributed by atoms with van der Waals surface area (Å²) < 4.78 is 21.5. The van der Waals surface area contributed by atoms with Gasteiger partial charge in [-0.1, -0.05) is 22.6 Å². The van der Waals surface area contributed by atoms with Gasteiger partial charge in [-0.05, 0) is 0 Å². The minimum absolute atomic E-state index is 0. The first-order valence-electron chi connectivity index (χ1n) is 1.11. The summed E-state index contributed by atoms with van der Waals surface area (Å²) in [7, 11) is -2.13. The van der Waals surface area contributed by atoms with Crippen LogP contribution >= 0.6 is 22.6 Å². The second-order valence-electron chi connectivity index (χ2n) is 0.545. The zero-order valence-corrected chi connectivity index (χ0v) is 9.08. The van der Waals surface area contributed by atoms with Gasteiger partial charge in [0.05, 0.1) is 0 Å². The Hall–Kier alpha value is 2.22. The van der Waals surface area contributed by atoms with Gasteiger partial charge >= 0.3 is 58.7 Å². The van der Waals surface area contributed by atoms with Gasteiger partial charge in [-0.3, -0.25) is 8.63 Å². The summed E-state index contributed by atoms with van der Waals surface area (Å²) in [5.74, 6) is 0. The Morgan fingerprint density at radius 1 is 1.43 bits per heavy atom. The zero-order valence-electron chi connectivity index (χ0n) is 3.80. The Bertz CT molecular complexity index is 28.9. The van der Waals surface area contributed by atoms with E-state index < -0.39 is 7.27 Å². The van der Waals surface area contributed by atoms with Crippen LogP contribution < -0.4 is 56.1 Å². The molecular formula is CH2BF3IK. The molecule has 0 aromatic rings. The summed E-state index contributed by atoms with van der Waals surface area (Å²) in [5, 5.41) is 0. The van der Waals surface area contributed by atoms with Crippen molar-refractivity contribution < 1.29 is 64.7 Å². The standard InChI is InChI=1S/CH2BF2I.FH.K/c3-2(4)1-5;;/h1H2;1H;/q;;+1/p-1. The Morgan fingerprint density at radius 3 is 1.57 bits per heavy atom. The van der Waals surface area contributed by atoms with Gasteiger partial charge in [0, 0.05) is 4.33 Å². The second-order valence-corrected chi connectivity index (χ2v) is 1.43. The van der Waals surface area contributed by atoms with Gasteiger partial charge in [-0.2, -0.15) is 0 Å². The van der Waals surface area contributed by atoms with Gasteiger partial charge in [0.15, 0.2) is 0 Å². The van der Waals surface area contributed by atoms with Crippen molar-refractivity contribution in [3.8, 4) is 0 Å². The molecule has 6 heteroatoms. The largest absolute Gasteiger partial charge is 1.00 e. The molecule has 0 aromatic carbocycles. The van der Waals surface area contributed by atoms with Crippen LogP contribution in [0.15, 0.2) is 0 Å². The van der Waals surface area contributed by atoms with Gasteiger partial charge in [-0.15, -0.1) is 0 Å². The molecule has 0 nitrogen and oxygen atoms in total. The molecule has 0 fully saturated rings. The van der Waals surface area contributed by atoms with Crippen molar-refractivity contribution in [1.82, 2.24) is 0 Å². The van der Waals surface area contributed by atoms with E-state index in [-0.39, 0.29) is 60.4 Å². The fourth-order valence-corrected chi connectivity index (χ4v) is 0. The number of alkyl halides is 1. The van der Waals surface area contributed by atoms with Crippen molar-refractivity contribution in [2.75, 3.05) is 4.33 Å². The van der Waals surface area contributed by atoms with Gasteiger partial charge in [0.2, 0.25) is 0 Å². The summed E-state index contributed by atoms with van der Waals surface area (Å²) >= 11 is 1.63. The van der Waals surface area contributed by atoms with E-state index >= 15 is 0 Å². The summed E-state index contributed by atoms with van der Waals surface area (Å²) in [5.41, 5.74) is 0. The molecule has 0 saturated heterocycles. The molecule has 0 atom stereocenters. The SMILES string of the molecule is FB(F)CI.[F-].[K+]. The molecule has 0 aromatic heterocycles. The summed E-state index contributed by atoms with van der Waals surface area (Å²) in [6.45, 7) is 0. The van der Waals surface area contributed by atoms with Crippen molar-refractivity contribution in [3.05, 3.63) is 0 Å². The smallest absolute Gasteiger partial charge is 1.00 e. The van der Waals surface area contributed by atoms with Crippen LogP contribution in [0.2, 0.25) is 0 Å². The van der Waals surface area contributed by atoms with Gasteiger partial charge < -0.3 is 4.70 Å². The van der Waals surface area contributed by atoms with E-state index in [1.165, 1.54) is 0 Å². The van der Waals surface area contributed by atoms with Crippen LogP contribution in [0.25, 0.3) is 0 Å². The van der Waals surface area contributed by atoms with Crippen LogP contribution in [-0.4, -0.2) is 11.6 Å². The number of rotatable bonds is 1. The van der Waals surface area contributed by atoms with Crippen LogP contribution in [0.1, 0.15) is 0 Å². The van der Waals surface area contributed by atoms with Crippen molar-refractivity contribution in [1.29, 1.82) is 0 Å². The van der Waals surface area contributed by atoms with E-state index in [1.54, 1.807) is 22.6 Å². The normalized spacial score (nSPS) is 5.57. The molecule has 0 radical (unpaired) electrons. The third-order valence-corrected chi connectivity index (χ3v) is 0.782. The first-order chi connectivity index (χ1) is 2.27. The number of hydrogen-bond acceptors (Lipinski definition) is 0. The van der Waals surface area contributed by atoms with Crippen LogP contribution in [-0.2, 0) is 0 Å². The predicted octanol–water partition coefficient (Wildman–Crippen LogP) is -4.60. The molecule has 0 aliphatic rings. The van der Waals surface area contributed by atoms with Crippen LogP contribution in [0.4, 0.5) is 8.63 Å². The molecule has 0 heterocycles. The molecule has 0 unspecified atom stereocenters. The van der Waals surface area contributed by atoms with Gasteiger partial charge in [0.25, 0.3) is 0 Å². The molecule has 0 saturated carbocycles. The molecule has 0 bridgehead atoms. The first kappa shape index (κ1) is 16.1. The molecule has 7 heavy (non-hydrogen) atoms. The monoisotopic (exact) mass is 248 g/mol. The van der Waals surface area contributed by atoms with Crippen LogP contribution in [0.3, 0.4) is 0 Å². The Morgan fingerprint density at radius 2 is 1.57 bits per heavy atom.